The van der Waals surface area contributed by atoms with Crippen LogP contribution in [0.25, 0.3) is 0 Å². The number of fused-ring (bicyclic) bond motifs is 10. The lowest BCUT2D eigenvalue weighted by molar-refractivity contribution is -0.158. The highest BCUT2D eigenvalue weighted by Gasteiger charge is 2.33. The minimum absolute atomic E-state index is 0.235. The van der Waals surface area contributed by atoms with Gasteiger partial charge in [-0.3, -0.25) is 9.59 Å². The minimum atomic E-state index is -1.000. The zero-order valence-electron chi connectivity index (χ0n) is 18.7. The topological polar surface area (TPSA) is 90.7 Å². The van der Waals surface area contributed by atoms with Crippen molar-refractivity contribution >= 4 is 11.9 Å². The quantitative estimate of drug-likeness (QED) is 0.683. The molecule has 2 heterocycles. The summed E-state index contributed by atoms with van der Waals surface area (Å²) in [6, 6.07) is 7.17. The summed E-state index contributed by atoms with van der Waals surface area (Å²) in [4.78, 5) is 25.3. The molecule has 5 rings (SSSR count). The first kappa shape index (κ1) is 22.6. The van der Waals surface area contributed by atoms with Crippen LogP contribution in [0.4, 0.5) is 0 Å². The Morgan fingerprint density at radius 2 is 1.88 bits per heavy atom. The van der Waals surface area contributed by atoms with Crippen LogP contribution in [0, 0.1) is 5.92 Å². The Bertz CT molecular complexity index is 886. The van der Waals surface area contributed by atoms with E-state index in [9.17, 15) is 9.59 Å². The van der Waals surface area contributed by atoms with Crippen LogP contribution in [-0.4, -0.2) is 30.6 Å². The van der Waals surface area contributed by atoms with Gasteiger partial charge in [0.1, 0.15) is 17.6 Å². The van der Waals surface area contributed by atoms with Crippen molar-refractivity contribution in [3.63, 3.8) is 0 Å². The molecule has 4 bridgehead atoms. The molecule has 32 heavy (non-hydrogen) atoms. The summed E-state index contributed by atoms with van der Waals surface area (Å²) in [6.07, 6.45) is 12.7. The summed E-state index contributed by atoms with van der Waals surface area (Å²) in [5.74, 6) is 0.900. The zero-order valence-corrected chi connectivity index (χ0v) is 18.7. The van der Waals surface area contributed by atoms with Gasteiger partial charge in [0.2, 0.25) is 0 Å². The van der Waals surface area contributed by atoms with Crippen LogP contribution in [0.3, 0.4) is 0 Å². The number of nitrogens with one attached hydrogen (secondary N) is 1. The average Bonchev–Trinajstić information content (AvgIpc) is 2.80. The van der Waals surface area contributed by atoms with Gasteiger partial charge in [-0.1, -0.05) is 43.0 Å². The first-order valence-corrected chi connectivity index (χ1v) is 12.0. The van der Waals surface area contributed by atoms with E-state index in [4.69, 9.17) is 15.2 Å². The highest BCUT2D eigenvalue weighted by atomic mass is 16.5. The van der Waals surface area contributed by atoms with Crippen LogP contribution in [0.1, 0.15) is 63.4 Å². The maximum Gasteiger partial charge on any atom is 0.324 e. The molecular weight excluding hydrogens is 404 g/mol. The summed E-state index contributed by atoms with van der Waals surface area (Å²) in [6.45, 7) is 0.739. The van der Waals surface area contributed by atoms with Gasteiger partial charge in [0.25, 0.3) is 5.91 Å². The molecular formula is C26H34N2O4. The Balaban J connectivity index is 1.58. The highest BCUT2D eigenvalue weighted by molar-refractivity contribution is 5.84. The van der Waals surface area contributed by atoms with Crippen molar-refractivity contribution in [3.05, 3.63) is 53.3 Å². The van der Waals surface area contributed by atoms with E-state index in [1.165, 1.54) is 12.0 Å². The third-order valence-electron chi connectivity index (χ3n) is 6.76. The van der Waals surface area contributed by atoms with Crippen molar-refractivity contribution in [3.8, 4) is 5.75 Å². The van der Waals surface area contributed by atoms with E-state index in [0.717, 1.165) is 69.2 Å². The number of amides is 1. The summed E-state index contributed by atoms with van der Waals surface area (Å²) < 4.78 is 11.8. The summed E-state index contributed by atoms with van der Waals surface area (Å²) in [7, 11) is 0. The number of hydrogen-bond donors (Lipinski definition) is 2. The van der Waals surface area contributed by atoms with Crippen molar-refractivity contribution in [1.29, 1.82) is 0 Å². The van der Waals surface area contributed by atoms with Gasteiger partial charge >= 0.3 is 5.97 Å². The SMILES string of the molecule is NC(=O)C1Cc2cccc(c2)OC2=CC=C(CCCN[C@@H](C3CCCCC3)C(=O)O1)CC2. The van der Waals surface area contributed by atoms with Gasteiger partial charge in [0.05, 0.1) is 0 Å². The third-order valence-corrected chi connectivity index (χ3v) is 6.76. The van der Waals surface area contributed by atoms with E-state index >= 15 is 0 Å². The lowest BCUT2D eigenvalue weighted by Gasteiger charge is -2.30. The van der Waals surface area contributed by atoms with Gasteiger partial charge in [-0.15, -0.1) is 0 Å². The second kappa shape index (κ2) is 10.8. The van der Waals surface area contributed by atoms with Gasteiger partial charge in [-0.2, -0.15) is 0 Å². The predicted molar refractivity (Wildman–Crippen MR) is 123 cm³/mol. The van der Waals surface area contributed by atoms with E-state index in [0.29, 0.717) is 5.75 Å². The molecule has 172 valence electrons. The number of carbonyl (C=O) groups is 2. The highest BCUT2D eigenvalue weighted by Crippen LogP contribution is 2.29. The molecule has 6 nitrogen and oxygen atoms in total. The van der Waals surface area contributed by atoms with Gasteiger partial charge in [-0.25, -0.2) is 0 Å². The van der Waals surface area contributed by atoms with Gasteiger partial charge in [0.15, 0.2) is 6.10 Å². The van der Waals surface area contributed by atoms with E-state index in [1.807, 2.05) is 24.3 Å². The Morgan fingerprint density at radius 1 is 1.03 bits per heavy atom. The standard InChI is InChI=1S/C26H34N2O4/c27-25(29)23-17-19-6-4-10-22(16-19)31-21-13-11-18(12-14-21)7-5-15-28-24(26(30)32-23)20-8-2-1-3-9-20/h4,6,10-11,13,16,20,23-24,28H,1-3,5,7-9,12,14-15,17H2,(H2,27,29)/t23?,24-/m0/s1. The molecule has 2 aliphatic heterocycles. The van der Waals surface area contributed by atoms with Crippen LogP contribution in [0.2, 0.25) is 0 Å². The van der Waals surface area contributed by atoms with Crippen molar-refractivity contribution in [2.24, 2.45) is 11.7 Å². The molecule has 1 aromatic rings. The molecule has 0 radical (unpaired) electrons. The maximum absolute atomic E-state index is 13.2. The molecule has 1 aromatic carbocycles. The number of allylic oxidation sites excluding steroid dienone is 4. The Morgan fingerprint density at radius 3 is 2.62 bits per heavy atom. The van der Waals surface area contributed by atoms with Crippen molar-refractivity contribution in [1.82, 2.24) is 5.32 Å². The predicted octanol–water partition coefficient (Wildman–Crippen LogP) is 3.94. The molecule has 2 atom stereocenters. The van der Waals surface area contributed by atoms with Crippen LogP contribution >= 0.6 is 0 Å². The number of rotatable bonds is 2. The zero-order chi connectivity index (χ0) is 22.3. The molecule has 0 spiro atoms. The fourth-order valence-corrected chi connectivity index (χ4v) is 4.95. The number of carbonyl (C=O) groups excluding carboxylic acids is 2. The second-order valence-corrected chi connectivity index (χ2v) is 9.17. The number of primary amides is 1. The molecule has 1 saturated carbocycles. The van der Waals surface area contributed by atoms with E-state index in [-0.39, 0.29) is 18.3 Å². The molecule has 2 aliphatic carbocycles. The summed E-state index contributed by atoms with van der Waals surface area (Å²) in [5, 5.41) is 3.46. The molecule has 0 saturated heterocycles. The summed E-state index contributed by atoms with van der Waals surface area (Å²) >= 11 is 0. The van der Waals surface area contributed by atoms with Crippen molar-refractivity contribution in [2.75, 3.05) is 6.54 Å². The monoisotopic (exact) mass is 438 g/mol. The minimum Gasteiger partial charge on any atom is -0.462 e. The van der Waals surface area contributed by atoms with E-state index in [1.54, 1.807) is 0 Å². The normalized spacial score (nSPS) is 25.7. The molecule has 1 fully saturated rings. The van der Waals surface area contributed by atoms with Gasteiger partial charge in [-0.05, 0) is 68.3 Å². The van der Waals surface area contributed by atoms with Crippen LogP contribution in [0.5, 0.6) is 5.75 Å². The number of hydrogen-bond acceptors (Lipinski definition) is 5. The Hall–Kier alpha value is -2.60. The maximum atomic E-state index is 13.2. The fourth-order valence-electron chi connectivity index (χ4n) is 4.95. The first-order chi connectivity index (χ1) is 15.6. The molecule has 4 aliphatic rings. The molecule has 6 heteroatoms. The second-order valence-electron chi connectivity index (χ2n) is 9.17. The van der Waals surface area contributed by atoms with Gasteiger partial charge in [0, 0.05) is 12.8 Å². The molecule has 3 N–H and O–H groups in total. The first-order valence-electron chi connectivity index (χ1n) is 12.0. The molecule has 1 amide bonds. The number of esters is 1. The van der Waals surface area contributed by atoms with E-state index in [2.05, 4.69) is 17.5 Å². The van der Waals surface area contributed by atoms with Crippen LogP contribution in [0.15, 0.2) is 47.7 Å². The largest absolute Gasteiger partial charge is 0.462 e. The summed E-state index contributed by atoms with van der Waals surface area (Å²) in [5.41, 5.74) is 7.88. The number of nitrogens with two attached hydrogens (primary N) is 1. The Labute approximate surface area is 190 Å². The van der Waals surface area contributed by atoms with E-state index < -0.39 is 18.1 Å². The van der Waals surface area contributed by atoms with Crippen molar-refractivity contribution in [2.45, 2.75) is 76.4 Å². The Kier molecular flexibility index (Phi) is 7.63. The van der Waals surface area contributed by atoms with Crippen LogP contribution in [-0.2, 0) is 20.7 Å². The van der Waals surface area contributed by atoms with Crippen molar-refractivity contribution < 1.29 is 19.1 Å². The number of benzene rings is 1. The lowest BCUT2D eigenvalue weighted by Crippen LogP contribution is -2.48. The average molecular weight is 439 g/mol. The number of ether oxygens (including phenoxy) is 2. The molecule has 1 unspecified atom stereocenters. The lowest BCUT2D eigenvalue weighted by atomic mass is 9.83. The fraction of sp³-hybridized carbons (Fsp3) is 0.538. The molecule has 0 aromatic heterocycles. The third kappa shape index (κ3) is 6.00. The smallest absolute Gasteiger partial charge is 0.324 e. The van der Waals surface area contributed by atoms with Gasteiger partial charge < -0.3 is 20.5 Å². The van der Waals surface area contributed by atoms with Crippen LogP contribution < -0.4 is 15.8 Å².